The van der Waals surface area contributed by atoms with Gasteiger partial charge in [0.05, 0.1) is 6.21 Å². The van der Waals surface area contributed by atoms with Crippen molar-refractivity contribution in [3.63, 3.8) is 0 Å². The lowest BCUT2D eigenvalue weighted by molar-refractivity contribution is -0.114. The van der Waals surface area contributed by atoms with Gasteiger partial charge in [0.2, 0.25) is 5.91 Å². The van der Waals surface area contributed by atoms with Crippen molar-refractivity contribution < 1.29 is 14.3 Å². The fourth-order valence-electron chi connectivity index (χ4n) is 3.40. The van der Waals surface area contributed by atoms with Crippen LogP contribution in [0.3, 0.4) is 0 Å². The number of hydrazone groups is 1. The highest BCUT2D eigenvalue weighted by Gasteiger charge is 2.06. The Kier molecular flexibility index (Phi) is 6.75. The summed E-state index contributed by atoms with van der Waals surface area (Å²) in [6, 6.07) is 28.5. The maximum Gasteiger partial charge on any atom is 0.271 e. The van der Waals surface area contributed by atoms with Crippen LogP contribution in [0.4, 0.5) is 5.69 Å². The molecule has 0 saturated heterocycles. The first-order chi connectivity index (χ1) is 16.1. The first-order valence-electron chi connectivity index (χ1n) is 10.5. The fraction of sp³-hybridized carbons (Fsp3) is 0.0741. The zero-order chi connectivity index (χ0) is 23.0. The van der Waals surface area contributed by atoms with E-state index in [9.17, 15) is 9.59 Å². The maximum absolute atomic E-state index is 12.3. The van der Waals surface area contributed by atoms with Crippen LogP contribution in [0.5, 0.6) is 5.75 Å². The van der Waals surface area contributed by atoms with Gasteiger partial charge in [0, 0.05) is 18.2 Å². The summed E-state index contributed by atoms with van der Waals surface area (Å²) in [7, 11) is 0. The first-order valence-corrected chi connectivity index (χ1v) is 10.5. The van der Waals surface area contributed by atoms with Gasteiger partial charge in [0.25, 0.3) is 5.91 Å². The second-order valence-corrected chi connectivity index (χ2v) is 7.46. The predicted octanol–water partition coefficient (Wildman–Crippen LogP) is 5.14. The Hall–Kier alpha value is -4.45. The number of ether oxygens (including phenoxy) is 1. The molecule has 4 rings (SSSR count). The number of carbonyl (C=O) groups is 2. The van der Waals surface area contributed by atoms with E-state index in [1.807, 2.05) is 42.5 Å². The molecule has 0 aliphatic heterocycles. The molecule has 4 aromatic carbocycles. The van der Waals surface area contributed by atoms with Gasteiger partial charge in [-0.05, 0) is 64.4 Å². The summed E-state index contributed by atoms with van der Waals surface area (Å²) >= 11 is 0. The van der Waals surface area contributed by atoms with E-state index in [2.05, 4.69) is 40.1 Å². The number of benzene rings is 4. The molecule has 0 radical (unpaired) electrons. The van der Waals surface area contributed by atoms with E-state index in [-0.39, 0.29) is 11.8 Å². The Morgan fingerprint density at radius 3 is 2.48 bits per heavy atom. The third-order valence-electron chi connectivity index (χ3n) is 4.98. The molecule has 0 spiro atoms. The highest BCUT2D eigenvalue weighted by Crippen LogP contribution is 2.21. The van der Waals surface area contributed by atoms with E-state index in [4.69, 9.17) is 4.74 Å². The van der Waals surface area contributed by atoms with Crippen LogP contribution < -0.4 is 15.5 Å². The molecule has 6 heteroatoms. The molecule has 0 bridgehead atoms. The van der Waals surface area contributed by atoms with Crippen molar-refractivity contribution in [1.82, 2.24) is 5.43 Å². The fourth-order valence-corrected chi connectivity index (χ4v) is 3.40. The molecular weight excluding hydrogens is 414 g/mol. The molecule has 0 aromatic heterocycles. The maximum atomic E-state index is 12.3. The number of nitrogens with zero attached hydrogens (tertiary/aromatic N) is 1. The number of nitrogens with one attached hydrogen (secondary N) is 2. The summed E-state index contributed by atoms with van der Waals surface area (Å²) < 4.78 is 5.95. The lowest BCUT2D eigenvalue weighted by atomic mass is 10.1. The average molecular weight is 437 g/mol. The molecule has 164 valence electrons. The number of anilines is 1. The number of fused-ring (bicyclic) bond motifs is 1. The highest BCUT2D eigenvalue weighted by atomic mass is 16.5. The minimum atomic E-state index is -0.367. The van der Waals surface area contributed by atoms with Crippen molar-refractivity contribution in [3.05, 3.63) is 108 Å². The summed E-state index contributed by atoms with van der Waals surface area (Å²) in [6.07, 6.45) is 1.56. The van der Waals surface area contributed by atoms with Crippen molar-refractivity contribution in [2.75, 3.05) is 5.32 Å². The minimum Gasteiger partial charge on any atom is -0.489 e. The van der Waals surface area contributed by atoms with Crippen molar-refractivity contribution >= 4 is 34.5 Å². The van der Waals surface area contributed by atoms with E-state index in [0.717, 1.165) is 16.9 Å². The van der Waals surface area contributed by atoms with E-state index in [0.29, 0.717) is 17.9 Å². The molecule has 0 fully saturated rings. The number of carbonyl (C=O) groups excluding carboxylic acids is 2. The van der Waals surface area contributed by atoms with Crippen molar-refractivity contribution in [2.24, 2.45) is 5.10 Å². The lowest BCUT2D eigenvalue weighted by Crippen LogP contribution is -2.18. The lowest BCUT2D eigenvalue weighted by Gasteiger charge is -2.09. The van der Waals surface area contributed by atoms with Crippen LogP contribution in [0.1, 0.15) is 28.4 Å². The number of hydrogen-bond acceptors (Lipinski definition) is 4. The summed E-state index contributed by atoms with van der Waals surface area (Å²) in [5.41, 5.74) is 5.39. The molecule has 0 aliphatic carbocycles. The molecule has 0 saturated carbocycles. The third kappa shape index (κ3) is 5.83. The normalized spacial score (nSPS) is 10.8. The van der Waals surface area contributed by atoms with Crippen LogP contribution in [-0.2, 0) is 11.4 Å². The second-order valence-electron chi connectivity index (χ2n) is 7.46. The summed E-state index contributed by atoms with van der Waals surface area (Å²) in [5, 5.41) is 9.03. The Morgan fingerprint density at radius 2 is 1.67 bits per heavy atom. The Bertz CT molecular complexity index is 1310. The molecule has 0 heterocycles. The Labute approximate surface area is 191 Å². The highest BCUT2D eigenvalue weighted by molar-refractivity contribution is 5.97. The van der Waals surface area contributed by atoms with Gasteiger partial charge in [-0.2, -0.15) is 5.10 Å². The van der Waals surface area contributed by atoms with E-state index < -0.39 is 0 Å². The van der Waals surface area contributed by atoms with Gasteiger partial charge in [-0.3, -0.25) is 9.59 Å². The third-order valence-corrected chi connectivity index (χ3v) is 4.98. The van der Waals surface area contributed by atoms with Crippen LogP contribution in [-0.4, -0.2) is 18.0 Å². The number of rotatable bonds is 7. The van der Waals surface area contributed by atoms with Crippen molar-refractivity contribution in [3.8, 4) is 5.75 Å². The van der Waals surface area contributed by atoms with Gasteiger partial charge in [0.1, 0.15) is 12.4 Å². The Balaban J connectivity index is 1.33. The molecular formula is C27H23N3O3. The summed E-state index contributed by atoms with van der Waals surface area (Å²) in [5.74, 6) is 0.183. The predicted molar refractivity (Wildman–Crippen MR) is 131 cm³/mol. The molecule has 2 N–H and O–H groups in total. The molecule has 4 aromatic rings. The average Bonchev–Trinajstić information content (AvgIpc) is 2.83. The van der Waals surface area contributed by atoms with E-state index in [1.165, 1.54) is 17.7 Å². The second kappa shape index (κ2) is 10.2. The van der Waals surface area contributed by atoms with Crippen molar-refractivity contribution in [2.45, 2.75) is 13.5 Å². The van der Waals surface area contributed by atoms with Crippen molar-refractivity contribution in [1.29, 1.82) is 0 Å². The van der Waals surface area contributed by atoms with Gasteiger partial charge in [0.15, 0.2) is 0 Å². The summed E-state index contributed by atoms with van der Waals surface area (Å²) in [6.45, 7) is 1.89. The van der Waals surface area contributed by atoms with Crippen LogP contribution in [0.2, 0.25) is 0 Å². The van der Waals surface area contributed by atoms with Gasteiger partial charge in [-0.15, -0.1) is 0 Å². The quantitative estimate of drug-likeness (QED) is 0.310. The monoisotopic (exact) mass is 437 g/mol. The number of amides is 2. The molecule has 0 unspecified atom stereocenters. The molecule has 6 nitrogen and oxygen atoms in total. The van der Waals surface area contributed by atoms with E-state index >= 15 is 0 Å². The van der Waals surface area contributed by atoms with Crippen LogP contribution in [0, 0.1) is 0 Å². The molecule has 33 heavy (non-hydrogen) atoms. The van der Waals surface area contributed by atoms with E-state index in [1.54, 1.807) is 30.5 Å². The Morgan fingerprint density at radius 1 is 0.909 bits per heavy atom. The van der Waals surface area contributed by atoms with Gasteiger partial charge in [-0.25, -0.2) is 5.43 Å². The van der Waals surface area contributed by atoms with Gasteiger partial charge >= 0.3 is 0 Å². The van der Waals surface area contributed by atoms with Crippen LogP contribution in [0.25, 0.3) is 10.8 Å². The molecule has 0 aliphatic rings. The van der Waals surface area contributed by atoms with Gasteiger partial charge < -0.3 is 10.1 Å². The standard InChI is InChI=1S/C27H23N3O3/c1-19(31)29-24-10-5-8-22(16-24)27(32)30-28-17-20-12-14-25(15-13-20)33-18-23-9-4-7-21-6-2-3-11-26(21)23/h2-17H,18H2,1H3,(H,29,31)(H,30,32)/b28-17-. The van der Waals surface area contributed by atoms with Crippen LogP contribution >= 0.6 is 0 Å². The zero-order valence-corrected chi connectivity index (χ0v) is 18.1. The number of hydrogen-bond donors (Lipinski definition) is 2. The van der Waals surface area contributed by atoms with Crippen LogP contribution in [0.15, 0.2) is 96.1 Å². The first kappa shape index (κ1) is 21.8. The largest absolute Gasteiger partial charge is 0.489 e. The SMILES string of the molecule is CC(=O)Nc1cccc(C(=O)N/N=C\c2ccc(OCc3cccc4ccccc34)cc2)c1. The molecule has 0 atom stereocenters. The zero-order valence-electron chi connectivity index (χ0n) is 18.1. The topological polar surface area (TPSA) is 79.8 Å². The molecule has 2 amide bonds. The smallest absolute Gasteiger partial charge is 0.271 e. The summed E-state index contributed by atoms with van der Waals surface area (Å²) in [4.78, 5) is 23.5. The van der Waals surface area contributed by atoms with Gasteiger partial charge in [-0.1, -0.05) is 48.5 Å². The minimum absolute atomic E-state index is 0.199.